The van der Waals surface area contributed by atoms with Gasteiger partial charge >= 0.3 is 0 Å². The van der Waals surface area contributed by atoms with Crippen LogP contribution in [0.1, 0.15) is 22.7 Å². The molecule has 32 heavy (non-hydrogen) atoms. The molecule has 0 aliphatic heterocycles. The van der Waals surface area contributed by atoms with Crippen molar-refractivity contribution in [2.75, 3.05) is 7.11 Å². The highest BCUT2D eigenvalue weighted by Gasteiger charge is 2.24. The highest BCUT2D eigenvalue weighted by Crippen LogP contribution is 2.38. The summed E-state index contributed by atoms with van der Waals surface area (Å²) in [4.78, 5) is 4.81. The van der Waals surface area contributed by atoms with Gasteiger partial charge in [0.1, 0.15) is 11.7 Å². The third-order valence-electron chi connectivity index (χ3n) is 5.68. The van der Waals surface area contributed by atoms with Crippen LogP contribution in [0.4, 0.5) is 0 Å². The molecule has 0 aliphatic carbocycles. The fourth-order valence-electron chi connectivity index (χ4n) is 4.24. The molecule has 3 aromatic carbocycles. The van der Waals surface area contributed by atoms with Crippen molar-refractivity contribution in [2.24, 2.45) is 0 Å². The quantitative estimate of drug-likeness (QED) is 0.342. The van der Waals surface area contributed by atoms with Gasteiger partial charge in [-0.3, -0.25) is 0 Å². The molecule has 0 fully saturated rings. The first-order valence-electron chi connectivity index (χ1n) is 10.4. The lowest BCUT2D eigenvalue weighted by Gasteiger charge is -2.21. The number of nitrogens with zero attached hydrogens (tertiary/aromatic N) is 3. The van der Waals surface area contributed by atoms with Crippen molar-refractivity contribution in [1.29, 1.82) is 5.26 Å². The van der Waals surface area contributed by atoms with E-state index in [1.54, 1.807) is 7.11 Å². The number of hydrogen-bond donors (Lipinski definition) is 0. The van der Waals surface area contributed by atoms with Gasteiger partial charge in [0.2, 0.25) is 5.88 Å². The lowest BCUT2D eigenvalue weighted by Crippen LogP contribution is -2.12. The Morgan fingerprint density at radius 1 is 0.844 bits per heavy atom. The minimum absolute atomic E-state index is 0.134. The second-order valence-electron chi connectivity index (χ2n) is 7.56. The molecule has 0 aliphatic rings. The average Bonchev–Trinajstić information content (AvgIpc) is 3.24. The van der Waals surface area contributed by atoms with E-state index in [0.717, 1.165) is 33.3 Å². The van der Waals surface area contributed by atoms with Crippen LogP contribution in [0.15, 0.2) is 103 Å². The molecule has 5 rings (SSSR count). The largest absolute Gasteiger partial charge is 0.481 e. The van der Waals surface area contributed by atoms with Crippen LogP contribution in [0.3, 0.4) is 0 Å². The standard InChI is InChI=1S/C28H21N3O/c1-32-25-17-24(20-11-5-2-6-12-20)26-23(18-29)19-31(28(26)30-25)27(21-13-7-3-8-14-21)22-15-9-4-10-16-22/h2-17,19,27H,1H3. The maximum atomic E-state index is 10.0. The molecule has 0 unspecified atom stereocenters. The first-order chi connectivity index (χ1) is 15.8. The number of pyridine rings is 1. The highest BCUT2D eigenvalue weighted by molar-refractivity contribution is 5.98. The third-order valence-corrected chi connectivity index (χ3v) is 5.68. The maximum Gasteiger partial charge on any atom is 0.215 e. The smallest absolute Gasteiger partial charge is 0.215 e. The van der Waals surface area contributed by atoms with E-state index in [2.05, 4.69) is 34.9 Å². The number of aromatic nitrogens is 2. The normalized spacial score (nSPS) is 10.9. The Labute approximate surface area is 187 Å². The number of fused-ring (bicyclic) bond motifs is 1. The topological polar surface area (TPSA) is 50.8 Å². The van der Waals surface area contributed by atoms with Gasteiger partial charge < -0.3 is 9.30 Å². The summed E-state index contributed by atoms with van der Waals surface area (Å²) in [6.07, 6.45) is 1.91. The Morgan fingerprint density at radius 3 is 1.94 bits per heavy atom. The summed E-state index contributed by atoms with van der Waals surface area (Å²) < 4.78 is 7.66. The van der Waals surface area contributed by atoms with Gasteiger partial charge in [0.15, 0.2) is 0 Å². The lowest BCUT2D eigenvalue weighted by atomic mass is 9.98. The number of hydrogen-bond acceptors (Lipinski definition) is 3. The molecule has 5 aromatic rings. The second-order valence-corrected chi connectivity index (χ2v) is 7.56. The zero-order chi connectivity index (χ0) is 21.9. The Balaban J connectivity index is 1.85. The molecule has 2 aromatic heterocycles. The molecule has 0 spiro atoms. The molecule has 0 bridgehead atoms. The monoisotopic (exact) mass is 415 g/mol. The first kappa shape index (κ1) is 19.6. The average molecular weight is 415 g/mol. The number of ether oxygens (including phenoxy) is 1. The fourth-order valence-corrected chi connectivity index (χ4v) is 4.24. The lowest BCUT2D eigenvalue weighted by molar-refractivity contribution is 0.399. The summed E-state index contributed by atoms with van der Waals surface area (Å²) in [5, 5.41) is 10.9. The second kappa shape index (κ2) is 8.41. The summed E-state index contributed by atoms with van der Waals surface area (Å²) in [5.74, 6) is 0.514. The molecule has 0 radical (unpaired) electrons. The minimum Gasteiger partial charge on any atom is -0.481 e. The zero-order valence-corrected chi connectivity index (χ0v) is 17.6. The molecule has 154 valence electrons. The SMILES string of the molecule is COc1cc(-c2ccccc2)c2c(C#N)cn(C(c3ccccc3)c3ccccc3)c2n1. The van der Waals surface area contributed by atoms with Crippen LogP contribution < -0.4 is 4.74 Å². The minimum atomic E-state index is -0.134. The van der Waals surface area contributed by atoms with Crippen LogP contribution in [0, 0.1) is 11.3 Å². The molecule has 0 atom stereocenters. The van der Waals surface area contributed by atoms with E-state index < -0.39 is 0 Å². The van der Waals surface area contributed by atoms with Crippen molar-refractivity contribution < 1.29 is 4.74 Å². The van der Waals surface area contributed by atoms with E-state index in [1.807, 2.05) is 79.0 Å². The zero-order valence-electron chi connectivity index (χ0n) is 17.6. The summed E-state index contributed by atoms with van der Waals surface area (Å²) >= 11 is 0. The van der Waals surface area contributed by atoms with Crippen molar-refractivity contribution >= 4 is 11.0 Å². The predicted octanol–water partition coefficient (Wildman–Crippen LogP) is 6.22. The molecule has 2 heterocycles. The number of nitriles is 1. The van der Waals surface area contributed by atoms with E-state index in [9.17, 15) is 5.26 Å². The van der Waals surface area contributed by atoms with E-state index >= 15 is 0 Å². The Hall–Kier alpha value is -4.36. The summed E-state index contributed by atoms with van der Waals surface area (Å²) in [6, 6.07) is 34.8. The van der Waals surface area contributed by atoms with Gasteiger partial charge in [0.25, 0.3) is 0 Å². The van der Waals surface area contributed by atoms with Crippen LogP contribution in [-0.2, 0) is 0 Å². The van der Waals surface area contributed by atoms with Crippen molar-refractivity contribution in [3.05, 3.63) is 120 Å². The number of rotatable bonds is 5. The van der Waals surface area contributed by atoms with Crippen LogP contribution in [0.2, 0.25) is 0 Å². The molecule has 0 N–H and O–H groups in total. The molecule has 0 saturated heterocycles. The molecule has 4 heteroatoms. The van der Waals surface area contributed by atoms with Gasteiger partial charge in [0, 0.05) is 17.6 Å². The number of benzene rings is 3. The molecule has 0 saturated carbocycles. The third kappa shape index (κ3) is 3.40. The van der Waals surface area contributed by atoms with Crippen LogP contribution in [0.5, 0.6) is 5.88 Å². The van der Waals surface area contributed by atoms with Gasteiger partial charge in [-0.2, -0.15) is 10.2 Å². The maximum absolute atomic E-state index is 10.0. The van der Waals surface area contributed by atoms with E-state index in [4.69, 9.17) is 9.72 Å². The van der Waals surface area contributed by atoms with Gasteiger partial charge in [-0.05, 0) is 22.3 Å². The van der Waals surface area contributed by atoms with E-state index in [1.165, 1.54) is 0 Å². The van der Waals surface area contributed by atoms with Crippen LogP contribution in [-0.4, -0.2) is 16.7 Å². The first-order valence-corrected chi connectivity index (χ1v) is 10.4. The summed E-state index contributed by atoms with van der Waals surface area (Å²) in [5.41, 5.74) is 5.49. The van der Waals surface area contributed by atoms with Gasteiger partial charge in [-0.15, -0.1) is 0 Å². The Morgan fingerprint density at radius 2 is 1.41 bits per heavy atom. The molecule has 0 amide bonds. The van der Waals surface area contributed by atoms with Crippen molar-refractivity contribution in [3.63, 3.8) is 0 Å². The molecular formula is C28H21N3O. The fraction of sp³-hybridized carbons (Fsp3) is 0.0714. The molecular weight excluding hydrogens is 394 g/mol. The Kier molecular flexibility index (Phi) is 5.15. The van der Waals surface area contributed by atoms with E-state index in [-0.39, 0.29) is 6.04 Å². The van der Waals surface area contributed by atoms with E-state index in [0.29, 0.717) is 11.4 Å². The van der Waals surface area contributed by atoms with Crippen LogP contribution in [0.25, 0.3) is 22.2 Å². The number of methoxy groups -OCH3 is 1. The van der Waals surface area contributed by atoms with Gasteiger partial charge in [-0.1, -0.05) is 91.0 Å². The predicted molar refractivity (Wildman–Crippen MR) is 127 cm³/mol. The van der Waals surface area contributed by atoms with Crippen molar-refractivity contribution in [1.82, 2.24) is 9.55 Å². The molecule has 4 nitrogen and oxygen atoms in total. The van der Waals surface area contributed by atoms with Crippen LogP contribution >= 0.6 is 0 Å². The van der Waals surface area contributed by atoms with Gasteiger partial charge in [0.05, 0.1) is 18.7 Å². The summed E-state index contributed by atoms with van der Waals surface area (Å²) in [6.45, 7) is 0. The Bertz CT molecular complexity index is 1360. The highest BCUT2D eigenvalue weighted by atomic mass is 16.5. The van der Waals surface area contributed by atoms with Crippen molar-refractivity contribution in [3.8, 4) is 23.1 Å². The van der Waals surface area contributed by atoms with Crippen molar-refractivity contribution in [2.45, 2.75) is 6.04 Å². The summed E-state index contributed by atoms with van der Waals surface area (Å²) in [7, 11) is 1.62. The van der Waals surface area contributed by atoms with Gasteiger partial charge in [-0.25, -0.2) is 0 Å².